The van der Waals surface area contributed by atoms with Gasteiger partial charge in [0.25, 0.3) is 0 Å². The van der Waals surface area contributed by atoms with Crippen LogP contribution in [-0.2, 0) is 6.18 Å². The summed E-state index contributed by atoms with van der Waals surface area (Å²) in [6.45, 7) is 1.30. The first-order valence-electron chi connectivity index (χ1n) is 4.46. The minimum absolute atomic E-state index is 0.0388. The van der Waals surface area contributed by atoms with E-state index in [1.807, 2.05) is 0 Å². The third kappa shape index (κ3) is 2.09. The van der Waals surface area contributed by atoms with Crippen LogP contribution in [0, 0.1) is 0 Å². The molecule has 1 fully saturated rings. The molecular weight excluding hydrogens is 273 g/mol. The van der Waals surface area contributed by atoms with Crippen molar-refractivity contribution in [3.63, 3.8) is 0 Å². The summed E-state index contributed by atoms with van der Waals surface area (Å²) in [4.78, 5) is 5.46. The van der Waals surface area contributed by atoms with Gasteiger partial charge in [0, 0.05) is 23.8 Å². The Hall–Kier alpha value is -0.780. The van der Waals surface area contributed by atoms with Crippen molar-refractivity contribution >= 4 is 21.7 Å². The fraction of sp³-hybridized carbons (Fsp3) is 0.444. The van der Waals surface area contributed by atoms with Crippen LogP contribution in [0.1, 0.15) is 12.0 Å². The van der Waals surface area contributed by atoms with Crippen molar-refractivity contribution in [3.05, 3.63) is 22.3 Å². The highest BCUT2D eigenvalue weighted by molar-refractivity contribution is 9.10. The summed E-state index contributed by atoms with van der Waals surface area (Å²) >= 11 is 3.00. The topological polar surface area (TPSA) is 16.1 Å². The summed E-state index contributed by atoms with van der Waals surface area (Å²) in [5.74, 6) is 0.0388. The van der Waals surface area contributed by atoms with E-state index in [2.05, 4.69) is 20.9 Å². The predicted molar refractivity (Wildman–Crippen MR) is 53.8 cm³/mol. The second-order valence-electron chi connectivity index (χ2n) is 3.36. The molecule has 15 heavy (non-hydrogen) atoms. The highest BCUT2D eigenvalue weighted by Crippen LogP contribution is 2.37. The number of aromatic nitrogens is 1. The summed E-state index contributed by atoms with van der Waals surface area (Å²) in [5.41, 5.74) is -0.670. The molecule has 0 radical (unpaired) electrons. The number of pyridine rings is 1. The van der Waals surface area contributed by atoms with Crippen LogP contribution in [0.25, 0.3) is 0 Å². The molecule has 0 spiro atoms. The van der Waals surface area contributed by atoms with Crippen LogP contribution >= 0.6 is 15.9 Å². The molecule has 2 heterocycles. The van der Waals surface area contributed by atoms with Gasteiger partial charge in [0.15, 0.2) is 0 Å². The second kappa shape index (κ2) is 3.66. The Morgan fingerprint density at radius 2 is 2.00 bits per heavy atom. The van der Waals surface area contributed by atoms with Gasteiger partial charge in [-0.15, -0.1) is 0 Å². The number of halogens is 4. The zero-order valence-corrected chi connectivity index (χ0v) is 9.27. The van der Waals surface area contributed by atoms with Crippen LogP contribution in [-0.4, -0.2) is 18.1 Å². The first-order chi connectivity index (χ1) is 6.98. The molecule has 1 aromatic rings. The Bertz CT molecular complexity index is 374. The molecule has 1 aliphatic heterocycles. The normalized spacial score (nSPS) is 16.4. The average molecular weight is 281 g/mol. The Labute approximate surface area is 93.2 Å². The maximum absolute atomic E-state index is 12.7. The zero-order valence-electron chi connectivity index (χ0n) is 7.68. The molecule has 2 nitrogen and oxygen atoms in total. The first kappa shape index (κ1) is 10.7. The van der Waals surface area contributed by atoms with Gasteiger partial charge in [-0.2, -0.15) is 13.2 Å². The minimum atomic E-state index is -4.35. The molecule has 0 amide bonds. The molecule has 82 valence electrons. The largest absolute Gasteiger partial charge is 0.419 e. The molecule has 1 aliphatic rings. The lowest BCUT2D eigenvalue weighted by Gasteiger charge is -2.33. The standard InChI is InChI=1S/C9H8BrF3N2/c10-6-4-7(9(11,12)13)8(14-5-6)15-2-1-3-15/h4-5H,1-3H2. The Morgan fingerprint density at radius 3 is 2.47 bits per heavy atom. The van der Waals surface area contributed by atoms with Crippen LogP contribution in [0.4, 0.5) is 19.0 Å². The maximum Gasteiger partial charge on any atom is 0.419 e. The minimum Gasteiger partial charge on any atom is -0.356 e. The van der Waals surface area contributed by atoms with Crippen molar-refractivity contribution in [2.75, 3.05) is 18.0 Å². The lowest BCUT2D eigenvalue weighted by molar-refractivity contribution is -0.137. The van der Waals surface area contributed by atoms with Gasteiger partial charge in [0.1, 0.15) is 5.82 Å². The van der Waals surface area contributed by atoms with E-state index in [-0.39, 0.29) is 5.82 Å². The maximum atomic E-state index is 12.7. The predicted octanol–water partition coefficient (Wildman–Crippen LogP) is 3.07. The van der Waals surface area contributed by atoms with Crippen molar-refractivity contribution in [1.29, 1.82) is 0 Å². The summed E-state index contributed by atoms with van der Waals surface area (Å²) in [6.07, 6.45) is -2.03. The van der Waals surface area contributed by atoms with E-state index < -0.39 is 11.7 Å². The van der Waals surface area contributed by atoms with Crippen molar-refractivity contribution < 1.29 is 13.2 Å². The quantitative estimate of drug-likeness (QED) is 0.786. The van der Waals surface area contributed by atoms with E-state index >= 15 is 0 Å². The molecule has 0 bridgehead atoms. The van der Waals surface area contributed by atoms with Crippen molar-refractivity contribution in [2.24, 2.45) is 0 Å². The highest BCUT2D eigenvalue weighted by Gasteiger charge is 2.37. The number of rotatable bonds is 1. The molecule has 1 saturated heterocycles. The number of hydrogen-bond donors (Lipinski definition) is 0. The molecule has 0 atom stereocenters. The van der Waals surface area contributed by atoms with Crippen LogP contribution in [0.15, 0.2) is 16.7 Å². The van der Waals surface area contributed by atoms with Gasteiger partial charge in [-0.05, 0) is 28.4 Å². The SMILES string of the molecule is FC(F)(F)c1cc(Br)cnc1N1CCC1. The Kier molecular flexibility index (Phi) is 2.62. The third-order valence-corrected chi connectivity index (χ3v) is 2.73. The van der Waals surface area contributed by atoms with E-state index in [0.717, 1.165) is 12.5 Å². The molecule has 0 N–H and O–H groups in total. The fourth-order valence-electron chi connectivity index (χ4n) is 1.42. The molecule has 0 unspecified atom stereocenters. The Balaban J connectivity index is 2.44. The van der Waals surface area contributed by atoms with Crippen LogP contribution < -0.4 is 4.90 Å². The molecule has 1 aromatic heterocycles. The Morgan fingerprint density at radius 1 is 1.33 bits per heavy atom. The van der Waals surface area contributed by atoms with Crippen molar-refractivity contribution in [2.45, 2.75) is 12.6 Å². The summed E-state index contributed by atoms with van der Waals surface area (Å²) in [5, 5.41) is 0. The molecule has 0 saturated carbocycles. The lowest BCUT2D eigenvalue weighted by atomic mass is 10.1. The summed E-state index contributed by atoms with van der Waals surface area (Å²) in [6, 6.07) is 1.07. The van der Waals surface area contributed by atoms with E-state index in [0.29, 0.717) is 17.6 Å². The highest BCUT2D eigenvalue weighted by atomic mass is 79.9. The van der Waals surface area contributed by atoms with Gasteiger partial charge in [-0.1, -0.05) is 0 Å². The van der Waals surface area contributed by atoms with Gasteiger partial charge >= 0.3 is 6.18 Å². The summed E-state index contributed by atoms with van der Waals surface area (Å²) in [7, 11) is 0. The smallest absolute Gasteiger partial charge is 0.356 e. The molecule has 0 aliphatic carbocycles. The average Bonchev–Trinajstić information content (AvgIpc) is 2.03. The second-order valence-corrected chi connectivity index (χ2v) is 4.28. The monoisotopic (exact) mass is 280 g/mol. The van der Waals surface area contributed by atoms with E-state index in [9.17, 15) is 13.2 Å². The zero-order chi connectivity index (χ0) is 11.1. The third-order valence-electron chi connectivity index (χ3n) is 2.29. The molecule has 6 heteroatoms. The number of alkyl halides is 3. The molecular formula is C9H8BrF3N2. The number of anilines is 1. The molecule has 0 aromatic carbocycles. The van der Waals surface area contributed by atoms with E-state index in [1.54, 1.807) is 4.90 Å². The van der Waals surface area contributed by atoms with E-state index in [1.165, 1.54) is 6.20 Å². The lowest BCUT2D eigenvalue weighted by Crippen LogP contribution is -2.39. The van der Waals surface area contributed by atoms with Gasteiger partial charge < -0.3 is 4.90 Å². The fourth-order valence-corrected chi connectivity index (χ4v) is 1.75. The van der Waals surface area contributed by atoms with Gasteiger partial charge in [-0.3, -0.25) is 0 Å². The van der Waals surface area contributed by atoms with Crippen LogP contribution in [0.2, 0.25) is 0 Å². The van der Waals surface area contributed by atoms with Crippen LogP contribution in [0.3, 0.4) is 0 Å². The van der Waals surface area contributed by atoms with Gasteiger partial charge in [-0.25, -0.2) is 4.98 Å². The van der Waals surface area contributed by atoms with E-state index in [4.69, 9.17) is 0 Å². The van der Waals surface area contributed by atoms with Gasteiger partial charge in [0.2, 0.25) is 0 Å². The first-order valence-corrected chi connectivity index (χ1v) is 5.25. The van der Waals surface area contributed by atoms with Crippen LogP contribution in [0.5, 0.6) is 0 Å². The summed E-state index contributed by atoms with van der Waals surface area (Å²) < 4.78 is 38.3. The number of nitrogens with zero attached hydrogens (tertiary/aromatic N) is 2. The molecule has 2 rings (SSSR count). The number of hydrogen-bond acceptors (Lipinski definition) is 2. The van der Waals surface area contributed by atoms with Crippen molar-refractivity contribution in [3.8, 4) is 0 Å². The van der Waals surface area contributed by atoms with Crippen molar-refractivity contribution in [1.82, 2.24) is 4.98 Å². The van der Waals surface area contributed by atoms with Gasteiger partial charge in [0.05, 0.1) is 5.56 Å².